The van der Waals surface area contributed by atoms with E-state index in [2.05, 4.69) is 30.3 Å². The van der Waals surface area contributed by atoms with Gasteiger partial charge < -0.3 is 14.4 Å². The Balaban J connectivity index is 1.33. The molecule has 1 N–H and O–H groups in total. The largest absolute Gasteiger partial charge is 0.489 e. The Kier molecular flexibility index (Phi) is 5.14. The average molecular weight is 416 g/mol. The van der Waals surface area contributed by atoms with Gasteiger partial charge in [-0.2, -0.15) is 0 Å². The zero-order chi connectivity index (χ0) is 18.9. The van der Waals surface area contributed by atoms with E-state index in [0.29, 0.717) is 29.9 Å². The number of hydrogen-bond donors (Lipinski definition) is 1. The van der Waals surface area contributed by atoms with Gasteiger partial charge in [-0.05, 0) is 37.1 Å². The Bertz CT molecular complexity index is 957. The summed E-state index contributed by atoms with van der Waals surface area (Å²) in [7, 11) is 0. The number of nitrogens with one attached hydrogen (secondary N) is 1. The first-order valence-corrected chi connectivity index (χ1v) is 11.2. The molecule has 3 aromatic rings. The van der Waals surface area contributed by atoms with Gasteiger partial charge in [-0.1, -0.05) is 23.7 Å². The van der Waals surface area contributed by atoms with Gasteiger partial charge in [-0.25, -0.2) is 4.98 Å². The number of likely N-dealkylation sites (tertiary alicyclic amines) is 1. The van der Waals surface area contributed by atoms with Crippen LogP contribution < -0.4 is 14.4 Å². The number of quaternary nitrogens is 1. The Labute approximate surface area is 174 Å². The van der Waals surface area contributed by atoms with Crippen LogP contribution in [0.1, 0.15) is 35.8 Å². The van der Waals surface area contributed by atoms with Gasteiger partial charge >= 0.3 is 0 Å². The highest BCUT2D eigenvalue weighted by atomic mass is 35.5. The maximum atomic E-state index is 6.48. The molecule has 6 heteroatoms. The number of benzene rings is 2. The summed E-state index contributed by atoms with van der Waals surface area (Å²) in [6.07, 6.45) is 3.35. The standard InChI is InChI=1S/C22H23ClN2O2S/c23-17-11-15(12-19-21(17)27-10-4-9-26-19)13-25-8-3-5-16(14-25)22-24-18-6-1-2-7-20(18)28-22/h1-2,6-7,11-12,16H,3-5,8-10,13-14H2/p+1/t16-/m1/s1. The van der Waals surface area contributed by atoms with E-state index in [-0.39, 0.29) is 0 Å². The second kappa shape index (κ2) is 7.90. The molecule has 28 heavy (non-hydrogen) atoms. The molecular formula is C22H24ClN2O2S+. The second-order valence-electron chi connectivity index (χ2n) is 7.70. The van der Waals surface area contributed by atoms with E-state index in [0.717, 1.165) is 30.8 Å². The maximum Gasteiger partial charge on any atom is 0.179 e. The lowest BCUT2D eigenvalue weighted by Crippen LogP contribution is -3.12. The van der Waals surface area contributed by atoms with E-state index in [4.69, 9.17) is 26.1 Å². The highest BCUT2D eigenvalue weighted by Crippen LogP contribution is 2.38. The number of nitrogens with zero attached hydrogens (tertiary/aromatic N) is 1. The maximum absolute atomic E-state index is 6.48. The molecule has 2 aromatic carbocycles. The molecule has 3 heterocycles. The van der Waals surface area contributed by atoms with Crippen LogP contribution in [0.25, 0.3) is 10.2 Å². The van der Waals surface area contributed by atoms with Crippen LogP contribution in [-0.4, -0.2) is 31.3 Å². The van der Waals surface area contributed by atoms with E-state index in [1.807, 2.05) is 17.4 Å². The Morgan fingerprint density at radius 3 is 2.96 bits per heavy atom. The summed E-state index contributed by atoms with van der Waals surface area (Å²) in [4.78, 5) is 6.49. The molecule has 5 rings (SSSR count). The van der Waals surface area contributed by atoms with Crippen molar-refractivity contribution in [2.24, 2.45) is 0 Å². The van der Waals surface area contributed by atoms with Gasteiger partial charge in [0.15, 0.2) is 11.5 Å². The van der Waals surface area contributed by atoms with Crippen LogP contribution in [0.5, 0.6) is 11.5 Å². The minimum atomic E-state index is 0.539. The smallest absolute Gasteiger partial charge is 0.179 e. The molecule has 0 bridgehead atoms. The summed E-state index contributed by atoms with van der Waals surface area (Å²) >= 11 is 8.34. The highest BCUT2D eigenvalue weighted by molar-refractivity contribution is 7.18. The van der Waals surface area contributed by atoms with Crippen molar-refractivity contribution in [1.29, 1.82) is 0 Å². The van der Waals surface area contributed by atoms with Crippen molar-refractivity contribution in [3.05, 3.63) is 52.0 Å². The molecular weight excluding hydrogens is 392 g/mol. The van der Waals surface area contributed by atoms with Crippen LogP contribution in [0, 0.1) is 0 Å². The number of thiazole rings is 1. The molecule has 1 aromatic heterocycles. The number of piperidine rings is 1. The molecule has 146 valence electrons. The molecule has 1 saturated heterocycles. The number of ether oxygens (including phenoxy) is 2. The molecule has 2 aliphatic heterocycles. The Morgan fingerprint density at radius 1 is 1.14 bits per heavy atom. The number of hydrogen-bond acceptors (Lipinski definition) is 4. The van der Waals surface area contributed by atoms with Gasteiger partial charge in [0.05, 0.1) is 47.5 Å². The molecule has 1 fully saturated rings. The van der Waals surface area contributed by atoms with E-state index in [1.54, 1.807) is 4.90 Å². The molecule has 2 aliphatic rings. The number of para-hydroxylation sites is 1. The molecule has 0 amide bonds. The molecule has 0 aliphatic carbocycles. The fourth-order valence-electron chi connectivity index (χ4n) is 4.26. The summed E-state index contributed by atoms with van der Waals surface area (Å²) in [5, 5.41) is 1.95. The highest BCUT2D eigenvalue weighted by Gasteiger charge is 2.27. The minimum absolute atomic E-state index is 0.539. The second-order valence-corrected chi connectivity index (χ2v) is 9.16. The van der Waals surface area contributed by atoms with E-state index in [9.17, 15) is 0 Å². The van der Waals surface area contributed by atoms with Crippen LogP contribution in [0.15, 0.2) is 36.4 Å². The van der Waals surface area contributed by atoms with Crippen LogP contribution in [0.4, 0.5) is 0 Å². The summed E-state index contributed by atoms with van der Waals surface area (Å²) < 4.78 is 12.9. The summed E-state index contributed by atoms with van der Waals surface area (Å²) in [5.74, 6) is 2.03. The van der Waals surface area contributed by atoms with Crippen LogP contribution >= 0.6 is 22.9 Å². The first-order valence-electron chi connectivity index (χ1n) is 10.0. The predicted molar refractivity (Wildman–Crippen MR) is 113 cm³/mol. The van der Waals surface area contributed by atoms with Crippen molar-refractivity contribution in [1.82, 2.24) is 4.98 Å². The van der Waals surface area contributed by atoms with Gasteiger partial charge in [0.25, 0.3) is 0 Å². The molecule has 1 unspecified atom stereocenters. The zero-order valence-corrected chi connectivity index (χ0v) is 17.3. The first kappa shape index (κ1) is 18.2. The summed E-state index contributed by atoms with van der Waals surface area (Å²) in [6.45, 7) is 4.60. The van der Waals surface area contributed by atoms with Crippen LogP contribution in [0.2, 0.25) is 5.02 Å². The summed E-state index contributed by atoms with van der Waals surface area (Å²) in [6, 6.07) is 12.6. The van der Waals surface area contributed by atoms with E-state index >= 15 is 0 Å². The van der Waals surface area contributed by atoms with Crippen LogP contribution in [-0.2, 0) is 6.54 Å². The van der Waals surface area contributed by atoms with E-state index in [1.165, 1.54) is 34.7 Å². The first-order chi connectivity index (χ1) is 13.8. The van der Waals surface area contributed by atoms with E-state index < -0.39 is 0 Å². The number of aromatic nitrogens is 1. The van der Waals surface area contributed by atoms with Crippen molar-refractivity contribution in [2.45, 2.75) is 31.7 Å². The van der Waals surface area contributed by atoms with Gasteiger partial charge in [-0.15, -0.1) is 11.3 Å². The molecule has 2 atom stereocenters. The minimum Gasteiger partial charge on any atom is -0.489 e. The van der Waals surface area contributed by atoms with Gasteiger partial charge in [0.2, 0.25) is 0 Å². The van der Waals surface area contributed by atoms with Gasteiger partial charge in [-0.3, -0.25) is 0 Å². The van der Waals surface area contributed by atoms with Crippen molar-refractivity contribution in [3.8, 4) is 11.5 Å². The third kappa shape index (κ3) is 3.71. The van der Waals surface area contributed by atoms with Crippen molar-refractivity contribution < 1.29 is 14.4 Å². The zero-order valence-electron chi connectivity index (χ0n) is 15.7. The molecule has 0 radical (unpaired) electrons. The fraction of sp³-hybridized carbons (Fsp3) is 0.409. The van der Waals surface area contributed by atoms with Crippen molar-refractivity contribution in [3.63, 3.8) is 0 Å². The Hall–Kier alpha value is -1.82. The summed E-state index contributed by atoms with van der Waals surface area (Å²) in [5.41, 5.74) is 2.35. The quantitative estimate of drug-likeness (QED) is 0.700. The Morgan fingerprint density at radius 2 is 2.04 bits per heavy atom. The van der Waals surface area contributed by atoms with Crippen LogP contribution in [0.3, 0.4) is 0 Å². The topological polar surface area (TPSA) is 35.8 Å². The van der Waals surface area contributed by atoms with Gasteiger partial charge in [0.1, 0.15) is 11.6 Å². The number of rotatable bonds is 3. The monoisotopic (exact) mass is 415 g/mol. The fourth-order valence-corrected chi connectivity index (χ4v) is 5.65. The number of fused-ring (bicyclic) bond motifs is 2. The lowest BCUT2D eigenvalue weighted by Gasteiger charge is -2.29. The molecule has 0 spiro atoms. The van der Waals surface area contributed by atoms with Crippen molar-refractivity contribution >= 4 is 33.2 Å². The third-order valence-electron chi connectivity index (χ3n) is 5.59. The predicted octanol–water partition coefficient (Wildman–Crippen LogP) is 4.07. The van der Waals surface area contributed by atoms with Crippen molar-refractivity contribution in [2.75, 3.05) is 26.3 Å². The average Bonchev–Trinajstić information content (AvgIpc) is 3.00. The lowest BCUT2D eigenvalue weighted by atomic mass is 9.98. The SMILES string of the molecule is Clc1cc(C[NH+]2CCC[C@@H](c3nc4ccccc4s3)C2)cc2c1OCCCO2. The number of halogens is 1. The normalized spacial score (nSPS) is 22.2. The molecule has 0 saturated carbocycles. The third-order valence-corrected chi connectivity index (χ3v) is 7.07. The molecule has 4 nitrogen and oxygen atoms in total. The van der Waals surface area contributed by atoms with Gasteiger partial charge in [0, 0.05) is 12.0 Å². The lowest BCUT2D eigenvalue weighted by molar-refractivity contribution is -0.920.